The van der Waals surface area contributed by atoms with Gasteiger partial charge in [-0.25, -0.2) is 0 Å². The number of halogens is 1. The van der Waals surface area contributed by atoms with Crippen molar-refractivity contribution in [2.75, 3.05) is 26.2 Å². The van der Waals surface area contributed by atoms with Gasteiger partial charge < -0.3 is 10.6 Å². The van der Waals surface area contributed by atoms with Gasteiger partial charge in [0.1, 0.15) is 0 Å². The number of thiophene rings is 1. The number of carbonyl (C=O) groups excluding carboxylic acids is 1. The number of amides is 1. The summed E-state index contributed by atoms with van der Waals surface area (Å²) in [5.74, 6) is 0.102. The summed E-state index contributed by atoms with van der Waals surface area (Å²) < 4.78 is 0.833. The second-order valence-electron chi connectivity index (χ2n) is 5.20. The zero-order valence-electron chi connectivity index (χ0n) is 11.8. The van der Waals surface area contributed by atoms with Crippen molar-refractivity contribution in [1.29, 1.82) is 0 Å². The van der Waals surface area contributed by atoms with E-state index in [2.05, 4.69) is 17.9 Å². The van der Waals surface area contributed by atoms with Gasteiger partial charge in [0.25, 0.3) is 0 Å². The van der Waals surface area contributed by atoms with E-state index in [1.807, 2.05) is 11.0 Å². The first-order chi connectivity index (χ1) is 9.60. The zero-order chi connectivity index (χ0) is 14.5. The average Bonchev–Trinajstić information content (AvgIpc) is 2.84. The van der Waals surface area contributed by atoms with Crippen molar-refractivity contribution in [2.45, 2.75) is 32.4 Å². The lowest BCUT2D eigenvalue weighted by Crippen LogP contribution is -2.52. The Labute approximate surface area is 129 Å². The third-order valence-corrected chi connectivity index (χ3v) is 4.83. The topological polar surface area (TPSA) is 49.6 Å². The number of nitrogens with two attached hydrogens (primary N) is 1. The molecule has 0 radical (unpaired) electrons. The van der Waals surface area contributed by atoms with E-state index in [1.54, 1.807) is 11.3 Å². The molecule has 0 aliphatic carbocycles. The smallest absolute Gasteiger partial charge is 0.239 e. The molecule has 2 heterocycles. The van der Waals surface area contributed by atoms with E-state index in [0.29, 0.717) is 0 Å². The third-order valence-electron chi connectivity index (χ3n) is 3.61. The molecule has 20 heavy (non-hydrogen) atoms. The van der Waals surface area contributed by atoms with E-state index in [0.717, 1.165) is 49.9 Å². The fraction of sp³-hybridized carbons (Fsp3) is 0.643. The molecule has 0 unspecified atom stereocenters. The van der Waals surface area contributed by atoms with E-state index >= 15 is 0 Å². The summed E-state index contributed by atoms with van der Waals surface area (Å²) in [5.41, 5.74) is 5.90. The molecule has 1 aliphatic rings. The van der Waals surface area contributed by atoms with Crippen LogP contribution in [-0.2, 0) is 11.3 Å². The summed E-state index contributed by atoms with van der Waals surface area (Å²) in [5, 5.41) is 0. The van der Waals surface area contributed by atoms with Crippen LogP contribution in [0.3, 0.4) is 0 Å². The van der Waals surface area contributed by atoms with Crippen molar-refractivity contribution >= 4 is 28.8 Å². The summed E-state index contributed by atoms with van der Waals surface area (Å²) >= 11 is 7.56. The number of hydrogen-bond acceptors (Lipinski definition) is 4. The predicted molar refractivity (Wildman–Crippen MR) is 84.1 cm³/mol. The van der Waals surface area contributed by atoms with Gasteiger partial charge in [-0.2, -0.15) is 0 Å². The van der Waals surface area contributed by atoms with Crippen molar-refractivity contribution in [1.82, 2.24) is 9.80 Å². The fourth-order valence-electron chi connectivity index (χ4n) is 2.45. The quantitative estimate of drug-likeness (QED) is 0.906. The highest BCUT2D eigenvalue weighted by Gasteiger charge is 2.24. The zero-order valence-corrected chi connectivity index (χ0v) is 13.4. The van der Waals surface area contributed by atoms with Gasteiger partial charge in [0.2, 0.25) is 5.91 Å². The fourth-order valence-corrected chi connectivity index (χ4v) is 3.58. The molecule has 1 atom stereocenters. The summed E-state index contributed by atoms with van der Waals surface area (Å²) in [6, 6.07) is 3.68. The maximum Gasteiger partial charge on any atom is 0.239 e. The summed E-state index contributed by atoms with van der Waals surface area (Å²) in [7, 11) is 0. The second kappa shape index (κ2) is 7.41. The molecule has 0 saturated carbocycles. The van der Waals surface area contributed by atoms with E-state index < -0.39 is 0 Å². The number of nitrogens with zero attached hydrogens (tertiary/aromatic N) is 2. The molecule has 1 amide bonds. The molecule has 1 aromatic heterocycles. The molecule has 1 aromatic rings. The Balaban J connectivity index is 1.78. The largest absolute Gasteiger partial charge is 0.339 e. The van der Waals surface area contributed by atoms with Crippen LogP contribution in [0, 0.1) is 0 Å². The first-order valence-corrected chi connectivity index (χ1v) is 8.30. The minimum atomic E-state index is -0.331. The van der Waals surface area contributed by atoms with E-state index in [4.69, 9.17) is 17.3 Å². The molecule has 4 nitrogen and oxygen atoms in total. The molecule has 1 saturated heterocycles. The molecule has 1 fully saturated rings. The van der Waals surface area contributed by atoms with Gasteiger partial charge in [0.15, 0.2) is 0 Å². The van der Waals surface area contributed by atoms with Crippen molar-refractivity contribution < 1.29 is 4.79 Å². The van der Waals surface area contributed by atoms with Crippen LogP contribution < -0.4 is 5.73 Å². The number of piperazine rings is 1. The standard InChI is InChI=1S/C14H22ClN3OS/c1-2-3-12(16)14(19)18-8-6-17(7-9-18)10-11-4-5-13(15)20-11/h4-5,12H,2-3,6-10,16H2,1H3/t12-/m0/s1. The number of carbonyl (C=O) groups is 1. The highest BCUT2D eigenvalue weighted by Crippen LogP contribution is 2.23. The molecule has 2 rings (SSSR count). The van der Waals surface area contributed by atoms with Crippen LogP contribution in [0.15, 0.2) is 12.1 Å². The van der Waals surface area contributed by atoms with Gasteiger partial charge in [-0.1, -0.05) is 24.9 Å². The van der Waals surface area contributed by atoms with Gasteiger partial charge in [-0.05, 0) is 18.6 Å². The lowest BCUT2D eigenvalue weighted by Gasteiger charge is -2.35. The Hall–Kier alpha value is -0.620. The van der Waals surface area contributed by atoms with E-state index in [1.165, 1.54) is 4.88 Å². The highest BCUT2D eigenvalue weighted by molar-refractivity contribution is 7.16. The Bertz CT molecular complexity index is 443. The van der Waals surface area contributed by atoms with Crippen LogP contribution in [-0.4, -0.2) is 47.9 Å². The SMILES string of the molecule is CCC[C@H](N)C(=O)N1CCN(Cc2ccc(Cl)s2)CC1. The van der Waals surface area contributed by atoms with E-state index in [-0.39, 0.29) is 11.9 Å². The predicted octanol–water partition coefficient (Wildman–Crippen LogP) is 2.17. The van der Waals surface area contributed by atoms with Crippen molar-refractivity contribution in [3.63, 3.8) is 0 Å². The molecule has 1 aliphatic heterocycles. The molecular formula is C14H22ClN3OS. The van der Waals surface area contributed by atoms with E-state index in [9.17, 15) is 4.79 Å². The first-order valence-electron chi connectivity index (χ1n) is 7.11. The Morgan fingerprint density at radius 3 is 2.65 bits per heavy atom. The molecule has 2 N–H and O–H groups in total. The van der Waals surface area contributed by atoms with Gasteiger partial charge >= 0.3 is 0 Å². The lowest BCUT2D eigenvalue weighted by molar-refractivity contribution is -0.134. The monoisotopic (exact) mass is 315 g/mol. The van der Waals surface area contributed by atoms with Crippen LogP contribution in [0.4, 0.5) is 0 Å². The summed E-state index contributed by atoms with van der Waals surface area (Å²) in [4.78, 5) is 17.7. The lowest BCUT2D eigenvalue weighted by atomic mass is 10.1. The van der Waals surface area contributed by atoms with Crippen LogP contribution >= 0.6 is 22.9 Å². The van der Waals surface area contributed by atoms with Crippen molar-refractivity contribution in [3.05, 3.63) is 21.3 Å². The van der Waals surface area contributed by atoms with Gasteiger partial charge in [-0.3, -0.25) is 9.69 Å². The van der Waals surface area contributed by atoms with Crippen LogP contribution in [0.5, 0.6) is 0 Å². The molecule has 0 aromatic carbocycles. The van der Waals surface area contributed by atoms with Gasteiger partial charge in [-0.15, -0.1) is 11.3 Å². The number of rotatable bonds is 5. The highest BCUT2D eigenvalue weighted by atomic mass is 35.5. The third kappa shape index (κ3) is 4.19. The van der Waals surface area contributed by atoms with Gasteiger partial charge in [0.05, 0.1) is 10.4 Å². The number of hydrogen-bond donors (Lipinski definition) is 1. The molecule has 0 spiro atoms. The van der Waals surface area contributed by atoms with Crippen LogP contribution in [0.2, 0.25) is 4.34 Å². The van der Waals surface area contributed by atoms with Crippen molar-refractivity contribution in [2.24, 2.45) is 5.73 Å². The second-order valence-corrected chi connectivity index (χ2v) is 7.00. The first kappa shape index (κ1) is 15.8. The minimum absolute atomic E-state index is 0.102. The average molecular weight is 316 g/mol. The van der Waals surface area contributed by atoms with Gasteiger partial charge in [0, 0.05) is 37.6 Å². The molecule has 112 valence electrons. The molecular weight excluding hydrogens is 294 g/mol. The van der Waals surface area contributed by atoms with Crippen LogP contribution in [0.1, 0.15) is 24.6 Å². The Morgan fingerprint density at radius 2 is 2.10 bits per heavy atom. The Kier molecular flexibility index (Phi) is 5.84. The maximum atomic E-state index is 12.1. The molecule has 6 heteroatoms. The minimum Gasteiger partial charge on any atom is -0.339 e. The van der Waals surface area contributed by atoms with Crippen molar-refractivity contribution in [3.8, 4) is 0 Å². The summed E-state index contributed by atoms with van der Waals surface area (Å²) in [6.45, 7) is 6.32. The summed E-state index contributed by atoms with van der Waals surface area (Å²) in [6.07, 6.45) is 1.72. The molecule has 0 bridgehead atoms. The normalized spacial score (nSPS) is 18.2. The van der Waals surface area contributed by atoms with Crippen LogP contribution in [0.25, 0.3) is 0 Å². The Morgan fingerprint density at radius 1 is 1.40 bits per heavy atom. The maximum absolute atomic E-state index is 12.1.